The van der Waals surface area contributed by atoms with Crippen LogP contribution in [0.2, 0.25) is 0 Å². The summed E-state index contributed by atoms with van der Waals surface area (Å²) >= 11 is 0. The molecule has 3 unspecified atom stereocenters. The Morgan fingerprint density at radius 1 is 1.11 bits per heavy atom. The zero-order valence-corrected chi connectivity index (χ0v) is 11.6. The maximum Gasteiger partial charge on any atom is -0.00462 e. The van der Waals surface area contributed by atoms with E-state index in [4.69, 9.17) is 5.73 Å². The van der Waals surface area contributed by atoms with E-state index in [1.807, 2.05) is 0 Å². The number of nitrogens with two attached hydrogens (primary N) is 1. The summed E-state index contributed by atoms with van der Waals surface area (Å²) in [5, 5.41) is 0. The van der Waals surface area contributed by atoms with Crippen LogP contribution in [-0.2, 0) is 6.42 Å². The standard InChI is InChI=1S/C17H27N/c1-14-10-11-17(13-18)16(12-14)9-5-8-15-6-3-2-4-7-15/h2-4,6-7,14,16-17H,5,8-13,18H2,1H3. The van der Waals surface area contributed by atoms with E-state index in [2.05, 4.69) is 37.3 Å². The quantitative estimate of drug-likeness (QED) is 0.833. The Balaban J connectivity index is 1.77. The molecule has 1 aromatic rings. The lowest BCUT2D eigenvalue weighted by atomic mass is 9.72. The maximum atomic E-state index is 5.92. The van der Waals surface area contributed by atoms with Crippen LogP contribution >= 0.6 is 0 Å². The fraction of sp³-hybridized carbons (Fsp3) is 0.647. The van der Waals surface area contributed by atoms with Gasteiger partial charge in [-0.25, -0.2) is 0 Å². The maximum absolute atomic E-state index is 5.92. The second-order valence-corrected chi connectivity index (χ2v) is 6.05. The average molecular weight is 245 g/mol. The molecule has 1 nitrogen and oxygen atoms in total. The second-order valence-electron chi connectivity index (χ2n) is 6.05. The van der Waals surface area contributed by atoms with E-state index < -0.39 is 0 Å². The van der Waals surface area contributed by atoms with E-state index in [0.717, 1.165) is 24.3 Å². The molecule has 3 atom stereocenters. The summed E-state index contributed by atoms with van der Waals surface area (Å²) in [7, 11) is 0. The lowest BCUT2D eigenvalue weighted by Gasteiger charge is -2.34. The van der Waals surface area contributed by atoms with Gasteiger partial charge in [-0.05, 0) is 62.0 Å². The number of aryl methyl sites for hydroxylation is 1. The Morgan fingerprint density at radius 2 is 1.89 bits per heavy atom. The SMILES string of the molecule is CC1CCC(CN)C(CCCc2ccccc2)C1. The van der Waals surface area contributed by atoms with Gasteiger partial charge >= 0.3 is 0 Å². The highest BCUT2D eigenvalue weighted by Crippen LogP contribution is 2.36. The Bertz CT molecular complexity index is 333. The summed E-state index contributed by atoms with van der Waals surface area (Å²) in [6.45, 7) is 3.29. The Hall–Kier alpha value is -0.820. The molecule has 1 saturated carbocycles. The lowest BCUT2D eigenvalue weighted by Crippen LogP contribution is -2.29. The van der Waals surface area contributed by atoms with Crippen LogP contribution in [0.25, 0.3) is 0 Å². The molecule has 1 aromatic carbocycles. The molecule has 0 bridgehead atoms. The van der Waals surface area contributed by atoms with Gasteiger partial charge in [0.2, 0.25) is 0 Å². The van der Waals surface area contributed by atoms with Crippen molar-refractivity contribution in [2.75, 3.05) is 6.54 Å². The number of rotatable bonds is 5. The van der Waals surface area contributed by atoms with Crippen LogP contribution in [0, 0.1) is 17.8 Å². The smallest absolute Gasteiger partial charge is 0.00462 e. The van der Waals surface area contributed by atoms with Crippen LogP contribution in [0.5, 0.6) is 0 Å². The van der Waals surface area contributed by atoms with E-state index in [9.17, 15) is 0 Å². The first-order valence-corrected chi connectivity index (χ1v) is 7.53. The molecule has 0 aromatic heterocycles. The monoisotopic (exact) mass is 245 g/mol. The third kappa shape index (κ3) is 3.84. The molecule has 1 fully saturated rings. The van der Waals surface area contributed by atoms with E-state index in [1.54, 1.807) is 0 Å². The molecule has 0 radical (unpaired) electrons. The first kappa shape index (κ1) is 13.6. The number of benzene rings is 1. The van der Waals surface area contributed by atoms with Crippen molar-refractivity contribution in [3.63, 3.8) is 0 Å². The fourth-order valence-corrected chi connectivity index (χ4v) is 3.44. The van der Waals surface area contributed by atoms with Crippen molar-refractivity contribution in [1.29, 1.82) is 0 Å². The predicted molar refractivity (Wildman–Crippen MR) is 78.4 cm³/mol. The summed E-state index contributed by atoms with van der Waals surface area (Å²) in [5.41, 5.74) is 7.40. The van der Waals surface area contributed by atoms with Gasteiger partial charge in [0.15, 0.2) is 0 Å². The van der Waals surface area contributed by atoms with Gasteiger partial charge in [0.1, 0.15) is 0 Å². The average Bonchev–Trinajstić information content (AvgIpc) is 2.40. The Morgan fingerprint density at radius 3 is 2.61 bits per heavy atom. The van der Waals surface area contributed by atoms with Crippen LogP contribution in [0.3, 0.4) is 0 Å². The van der Waals surface area contributed by atoms with Crippen LogP contribution in [0.1, 0.15) is 44.6 Å². The van der Waals surface area contributed by atoms with Gasteiger partial charge in [-0.2, -0.15) is 0 Å². The minimum absolute atomic E-state index is 0.789. The van der Waals surface area contributed by atoms with Crippen LogP contribution in [0.4, 0.5) is 0 Å². The van der Waals surface area contributed by atoms with Gasteiger partial charge in [-0.1, -0.05) is 43.7 Å². The van der Waals surface area contributed by atoms with Crippen LogP contribution in [-0.4, -0.2) is 6.54 Å². The third-order valence-electron chi connectivity index (χ3n) is 4.59. The van der Waals surface area contributed by atoms with Crippen molar-refractivity contribution in [2.24, 2.45) is 23.5 Å². The summed E-state index contributed by atoms with van der Waals surface area (Å²) < 4.78 is 0. The van der Waals surface area contributed by atoms with Crippen molar-refractivity contribution in [3.05, 3.63) is 35.9 Å². The largest absolute Gasteiger partial charge is 0.330 e. The van der Waals surface area contributed by atoms with Crippen molar-refractivity contribution in [3.8, 4) is 0 Å². The minimum Gasteiger partial charge on any atom is -0.330 e. The summed E-state index contributed by atoms with van der Waals surface area (Å²) in [6.07, 6.45) is 8.05. The van der Waals surface area contributed by atoms with Gasteiger partial charge in [0.05, 0.1) is 0 Å². The molecule has 0 heterocycles. The molecule has 18 heavy (non-hydrogen) atoms. The van der Waals surface area contributed by atoms with E-state index in [-0.39, 0.29) is 0 Å². The summed E-state index contributed by atoms with van der Waals surface area (Å²) in [4.78, 5) is 0. The summed E-state index contributed by atoms with van der Waals surface area (Å²) in [6, 6.07) is 10.9. The van der Waals surface area contributed by atoms with Gasteiger partial charge in [-0.3, -0.25) is 0 Å². The van der Waals surface area contributed by atoms with Crippen LogP contribution < -0.4 is 5.73 Å². The van der Waals surface area contributed by atoms with Gasteiger partial charge in [0.25, 0.3) is 0 Å². The van der Waals surface area contributed by atoms with Gasteiger partial charge < -0.3 is 5.73 Å². The molecular formula is C17H27N. The molecule has 1 aliphatic carbocycles. The Labute approximate surface area is 112 Å². The first-order valence-electron chi connectivity index (χ1n) is 7.53. The topological polar surface area (TPSA) is 26.0 Å². The van der Waals surface area contributed by atoms with Gasteiger partial charge in [-0.15, -0.1) is 0 Å². The van der Waals surface area contributed by atoms with Crippen molar-refractivity contribution in [1.82, 2.24) is 0 Å². The molecule has 0 amide bonds. The lowest BCUT2D eigenvalue weighted by molar-refractivity contribution is 0.181. The van der Waals surface area contributed by atoms with Crippen molar-refractivity contribution >= 4 is 0 Å². The molecule has 2 N–H and O–H groups in total. The van der Waals surface area contributed by atoms with E-state index in [1.165, 1.54) is 44.1 Å². The normalized spacial score (nSPS) is 28.2. The molecule has 100 valence electrons. The molecular weight excluding hydrogens is 218 g/mol. The third-order valence-corrected chi connectivity index (χ3v) is 4.59. The molecule has 0 spiro atoms. The molecule has 0 aliphatic heterocycles. The first-order chi connectivity index (χ1) is 8.79. The van der Waals surface area contributed by atoms with E-state index in [0.29, 0.717) is 0 Å². The van der Waals surface area contributed by atoms with E-state index >= 15 is 0 Å². The summed E-state index contributed by atoms with van der Waals surface area (Å²) in [5.74, 6) is 2.58. The predicted octanol–water partition coefficient (Wildman–Crippen LogP) is 4.02. The Kier molecular flexibility index (Phi) is 5.25. The highest BCUT2D eigenvalue weighted by Gasteiger charge is 2.26. The number of hydrogen-bond acceptors (Lipinski definition) is 1. The van der Waals surface area contributed by atoms with Crippen molar-refractivity contribution in [2.45, 2.75) is 45.4 Å². The molecule has 0 saturated heterocycles. The minimum atomic E-state index is 0.789. The van der Waals surface area contributed by atoms with Crippen LogP contribution in [0.15, 0.2) is 30.3 Å². The molecule has 2 rings (SSSR count). The fourth-order valence-electron chi connectivity index (χ4n) is 3.44. The highest BCUT2D eigenvalue weighted by atomic mass is 14.6. The molecule has 1 heteroatoms. The zero-order chi connectivity index (χ0) is 12.8. The zero-order valence-electron chi connectivity index (χ0n) is 11.6. The van der Waals surface area contributed by atoms with Gasteiger partial charge in [0, 0.05) is 0 Å². The number of hydrogen-bond donors (Lipinski definition) is 1. The van der Waals surface area contributed by atoms with Crippen molar-refractivity contribution < 1.29 is 0 Å². The second kappa shape index (κ2) is 6.94. The molecule has 1 aliphatic rings. The highest BCUT2D eigenvalue weighted by molar-refractivity contribution is 5.14.